The second kappa shape index (κ2) is 6.17. The molecule has 0 N–H and O–H groups in total. The minimum absolute atomic E-state index is 0.241. The first-order valence-electron chi connectivity index (χ1n) is 27.4. The molecule has 0 unspecified atom stereocenters. The predicted octanol–water partition coefficient (Wildman–Crippen LogP) is 19.0. The summed E-state index contributed by atoms with van der Waals surface area (Å²) in [6, 6.07) is 16.6. The molecule has 0 radical (unpaired) electrons. The first-order valence-corrected chi connectivity index (χ1v) is 27.4. The Labute approximate surface area is 398 Å². The number of fused-ring (bicyclic) bond motifs is 1. The molecule has 2 spiro atoms. The van der Waals surface area contributed by atoms with E-state index < -0.39 is 0 Å². The Morgan fingerprint density at radius 3 is 0.630 bits per heavy atom. The molecule has 1 saturated heterocycles. The van der Waals surface area contributed by atoms with Crippen LogP contribution in [0.25, 0.3) is 302 Å². The molecule has 4 aliphatic carbocycles. The van der Waals surface area contributed by atoms with Crippen molar-refractivity contribution in [2.75, 3.05) is 18.0 Å². The lowest BCUT2D eigenvalue weighted by atomic mass is 9.50. The second-order valence-corrected chi connectivity index (χ2v) is 26.9. The lowest BCUT2D eigenvalue weighted by molar-refractivity contribution is 0.415. The second-order valence-electron chi connectivity index (χ2n) is 26.9. The highest BCUT2D eigenvalue weighted by molar-refractivity contribution is 6.82. The van der Waals surface area contributed by atoms with Gasteiger partial charge in [-0.05, 0) is 325 Å². The third-order valence-electron chi connectivity index (χ3n) is 26.6. The topological polar surface area (TPSA) is 3.24 Å². The highest BCUT2D eigenvalue weighted by Crippen LogP contribution is 2.85. The summed E-state index contributed by atoms with van der Waals surface area (Å²) in [6.07, 6.45) is 0. The Balaban J connectivity index is 1.10. The molecule has 1 fully saturated rings. The molecule has 1 heteroatoms. The van der Waals surface area contributed by atoms with Crippen LogP contribution in [0.4, 0.5) is 5.69 Å². The van der Waals surface area contributed by atoms with Crippen molar-refractivity contribution >= 4 is 307 Å². The van der Waals surface area contributed by atoms with Gasteiger partial charge in [0.25, 0.3) is 0 Å². The molecule has 0 saturated carbocycles. The lowest BCUT2D eigenvalue weighted by Gasteiger charge is -2.49. The normalized spacial score (nSPS) is 22.2. The van der Waals surface area contributed by atoms with Crippen LogP contribution in [0, 0.1) is 0 Å². The molecule has 1 aliphatic heterocycles. The lowest BCUT2D eigenvalue weighted by Crippen LogP contribution is -2.51. The van der Waals surface area contributed by atoms with E-state index in [1.165, 1.54) is 16.5 Å². The van der Waals surface area contributed by atoms with E-state index in [2.05, 4.69) is 47.4 Å². The molecular formula is C72H11N. The van der Waals surface area contributed by atoms with Gasteiger partial charge in [-0.2, -0.15) is 0 Å². The number of benzene rings is 20. The van der Waals surface area contributed by atoms with E-state index in [4.69, 9.17) is 0 Å². The van der Waals surface area contributed by atoms with Gasteiger partial charge in [-0.25, -0.2) is 0 Å². The minimum Gasteiger partial charge on any atom is -0.368 e. The smallest absolute Gasteiger partial charge is 0.0558 e. The van der Waals surface area contributed by atoms with E-state index in [-0.39, 0.29) is 10.8 Å². The zero-order valence-corrected chi connectivity index (χ0v) is 37.4. The zero-order chi connectivity index (χ0) is 43.2. The summed E-state index contributed by atoms with van der Waals surface area (Å²) >= 11 is 0. The Morgan fingerprint density at radius 1 is 0.205 bits per heavy atom. The van der Waals surface area contributed by atoms with Crippen molar-refractivity contribution in [3.63, 3.8) is 0 Å². The fourth-order valence-electron chi connectivity index (χ4n) is 26.4. The third-order valence-corrected chi connectivity index (χ3v) is 26.6. The molecule has 5 aliphatic rings. The van der Waals surface area contributed by atoms with Crippen LogP contribution in [-0.2, 0) is 10.8 Å². The maximum Gasteiger partial charge on any atom is 0.0558 e. The predicted molar refractivity (Wildman–Crippen MR) is 310 cm³/mol. The van der Waals surface area contributed by atoms with E-state index in [0.29, 0.717) is 0 Å². The van der Waals surface area contributed by atoms with Gasteiger partial charge in [0.15, 0.2) is 0 Å². The summed E-state index contributed by atoms with van der Waals surface area (Å²) in [7, 11) is 0. The standard InChI is InChI=1S/C72H11N/c1-2-6-11-10(4-1)5-3-7-12(11)73-8-71-67-59-51-41-31-23-15-13-14-17-21-19(15)27-35-29(21)39-33-25(17)26-18(14)22-20-16(13)24(23)32-38-28(20)36-30(22)40-34(26)44-43(33)53-47(39)57-49(35)55(45(51)37(27)31)63(67)65(57)69-61(53)62-54(44)48(40)58-50(36)56-46(38)52(42(32)41)60(59)68(71)64(56)66(58)70(62)72(69,71)9-73/h1-7H,8-9H2. The van der Waals surface area contributed by atoms with Gasteiger partial charge in [-0.3, -0.25) is 0 Å². The molecule has 30 aromatic rings. The van der Waals surface area contributed by atoms with E-state index in [9.17, 15) is 0 Å². The van der Waals surface area contributed by atoms with E-state index >= 15 is 0 Å². The van der Waals surface area contributed by atoms with Crippen molar-refractivity contribution in [1.82, 2.24) is 0 Å². The third kappa shape index (κ3) is 1.47. The average Bonchev–Trinajstić information content (AvgIpc) is 4.31. The quantitative estimate of drug-likeness (QED) is 0.148. The van der Waals surface area contributed by atoms with Gasteiger partial charge in [-0.1, -0.05) is 36.4 Å². The van der Waals surface area contributed by atoms with Crippen molar-refractivity contribution < 1.29 is 0 Å². The van der Waals surface area contributed by atoms with E-state index in [0.717, 1.165) is 13.1 Å². The van der Waals surface area contributed by atoms with E-state index in [1.54, 1.807) is 313 Å². The summed E-state index contributed by atoms with van der Waals surface area (Å²) in [5.74, 6) is 0. The molecule has 1 heterocycles. The first-order chi connectivity index (χ1) is 36.4. The Hall–Kier alpha value is -9.04. The maximum absolute atomic E-state index is 3.01. The summed E-state index contributed by atoms with van der Waals surface area (Å²) in [4.78, 5) is 3.01. The van der Waals surface area contributed by atoms with Crippen molar-refractivity contribution in [3.8, 4) is 0 Å². The van der Waals surface area contributed by atoms with Gasteiger partial charge in [0.2, 0.25) is 0 Å². The highest BCUT2D eigenvalue weighted by Gasteiger charge is 2.73. The van der Waals surface area contributed by atoms with Crippen LogP contribution in [-0.4, -0.2) is 13.1 Å². The van der Waals surface area contributed by atoms with Crippen molar-refractivity contribution in [1.29, 1.82) is 0 Å². The molecule has 73 heavy (non-hydrogen) atoms. The van der Waals surface area contributed by atoms with Crippen LogP contribution >= 0.6 is 0 Å². The van der Waals surface area contributed by atoms with Crippen molar-refractivity contribution in [2.24, 2.45) is 0 Å². The molecule has 0 aromatic heterocycles. The summed E-state index contributed by atoms with van der Waals surface area (Å²) in [6.45, 7) is 2.05. The maximum atomic E-state index is 3.01. The number of anilines is 1. The number of hydrogen-bond acceptors (Lipinski definition) is 1. The molecular weight excluding hydrogens is 879 g/mol. The summed E-state index contributed by atoms with van der Waals surface area (Å²) in [5.41, 5.74) is 8.09. The van der Waals surface area contributed by atoms with Crippen LogP contribution in [0.5, 0.6) is 0 Å². The fourth-order valence-corrected chi connectivity index (χ4v) is 26.4. The Kier molecular flexibility index (Phi) is 2.28. The molecule has 0 atom stereocenters. The highest BCUT2D eigenvalue weighted by atomic mass is 15.2. The van der Waals surface area contributed by atoms with Gasteiger partial charge < -0.3 is 4.90 Å². The first kappa shape index (κ1) is 27.0. The molecule has 1 nitrogen and oxygen atoms in total. The van der Waals surface area contributed by atoms with Crippen LogP contribution < -0.4 is 4.90 Å². The average molecular weight is 890 g/mol. The number of nitrogens with zero attached hydrogens (tertiary/aromatic N) is 1. The Bertz CT molecular complexity index is 7140. The summed E-state index contributed by atoms with van der Waals surface area (Å²) < 4.78 is 0. The van der Waals surface area contributed by atoms with Crippen LogP contribution in [0.3, 0.4) is 0 Å². The molecule has 30 aromatic carbocycles. The zero-order valence-electron chi connectivity index (χ0n) is 37.4. The summed E-state index contributed by atoms with van der Waals surface area (Å²) in [5, 5.41) is 93.4. The van der Waals surface area contributed by atoms with Crippen molar-refractivity contribution in [2.45, 2.75) is 10.8 Å². The van der Waals surface area contributed by atoms with E-state index in [1.807, 2.05) is 0 Å². The van der Waals surface area contributed by atoms with Gasteiger partial charge in [-0.15, -0.1) is 0 Å². The minimum atomic E-state index is -0.241. The van der Waals surface area contributed by atoms with Crippen LogP contribution in [0.15, 0.2) is 42.5 Å². The monoisotopic (exact) mass is 889 g/mol. The van der Waals surface area contributed by atoms with Crippen LogP contribution in [0.1, 0.15) is 22.3 Å². The SMILES string of the molecule is c1ccc2c(N3CC45c6c7c8c9c%10c%11c(c%12c%13c4c4c6c6c%14c7c7c8c8c%10c%10c%15c%11c%11c%12c%12c%13c%13c4c4c6c6c%14c%14c7c7c8c%10c8c%10c%15c%11c%11c%12c%12c%13c4c4c6c6c%14c7c8c7c%10c%11c%12c4c67)C95C3)cccc2c1. The number of hydrogen-bond donors (Lipinski definition) is 0. The molecule has 304 valence electrons. The van der Waals surface area contributed by atoms with Gasteiger partial charge in [0.1, 0.15) is 0 Å². The fraction of sp³-hybridized carbons (Fsp3) is 0.0556. The van der Waals surface area contributed by atoms with Gasteiger partial charge in [0.05, 0.1) is 10.8 Å². The largest absolute Gasteiger partial charge is 0.368 e. The van der Waals surface area contributed by atoms with Gasteiger partial charge >= 0.3 is 0 Å². The van der Waals surface area contributed by atoms with Crippen LogP contribution in [0.2, 0.25) is 0 Å². The van der Waals surface area contributed by atoms with Crippen molar-refractivity contribution in [3.05, 3.63) is 64.7 Å². The number of rotatable bonds is 1. The molecule has 0 amide bonds. The molecule has 35 rings (SSSR count). The Morgan fingerprint density at radius 2 is 0.397 bits per heavy atom. The van der Waals surface area contributed by atoms with Gasteiger partial charge in [0, 0.05) is 24.2 Å². The molecule has 0 bridgehead atoms.